The zero-order valence-corrected chi connectivity index (χ0v) is 32.4. The van der Waals surface area contributed by atoms with E-state index < -0.39 is 6.04 Å². The largest absolute Gasteiger partial charge is 0.334 e. The molecule has 0 aliphatic heterocycles. The lowest BCUT2D eigenvalue weighted by atomic mass is 9.81. The van der Waals surface area contributed by atoms with Crippen LogP contribution in [0.3, 0.4) is 0 Å². The molecule has 2 nitrogen and oxygen atoms in total. The molecule has 1 aromatic heterocycles. The van der Waals surface area contributed by atoms with E-state index in [2.05, 4.69) is 6.07 Å². The zero-order valence-electron chi connectivity index (χ0n) is 40.4. The smallest absolute Gasteiger partial charge is 0.0646 e. The Balaban J connectivity index is 1.17. The molecule has 0 spiro atoms. The third-order valence-electron chi connectivity index (χ3n) is 12.1. The highest BCUT2D eigenvalue weighted by molar-refractivity contribution is 6.21. The molecule has 0 N–H and O–H groups in total. The lowest BCUT2D eigenvalue weighted by Crippen LogP contribution is -2.28. The number of anilines is 2. The van der Waals surface area contributed by atoms with E-state index >= 15 is 0 Å². The van der Waals surface area contributed by atoms with Crippen molar-refractivity contribution in [1.29, 1.82) is 0 Å². The Bertz CT molecular complexity index is 3790. The third kappa shape index (κ3) is 5.42. The summed E-state index contributed by atoms with van der Waals surface area (Å²) in [6.07, 6.45) is 0.316. The van der Waals surface area contributed by atoms with Crippen LogP contribution in [-0.4, -0.2) is 4.57 Å². The summed E-state index contributed by atoms with van der Waals surface area (Å²) >= 11 is 0. The highest BCUT2D eigenvalue weighted by Gasteiger charge is 2.31. The summed E-state index contributed by atoms with van der Waals surface area (Å²) in [6, 6.07) is 53.6. The van der Waals surface area contributed by atoms with Crippen molar-refractivity contribution in [2.24, 2.45) is 0 Å². The first-order valence-corrected chi connectivity index (χ1v) is 20.3. The Kier molecular flexibility index (Phi) is 6.32. The molecule has 1 unspecified atom stereocenters. The van der Waals surface area contributed by atoms with Gasteiger partial charge in [-0.15, -0.1) is 0 Å². The van der Waals surface area contributed by atoms with Gasteiger partial charge in [-0.05, 0) is 121 Å². The van der Waals surface area contributed by atoms with Crippen LogP contribution in [0.1, 0.15) is 28.1 Å². The van der Waals surface area contributed by atoms with Crippen LogP contribution in [-0.2, 0) is 6.42 Å². The predicted molar refractivity (Wildman–Crippen MR) is 254 cm³/mol. The van der Waals surface area contributed by atoms with Crippen LogP contribution in [0.15, 0.2) is 224 Å². The molecule has 1 atom stereocenters. The van der Waals surface area contributed by atoms with Gasteiger partial charge in [0.15, 0.2) is 0 Å². The number of rotatable bonds is 6. The van der Waals surface area contributed by atoms with Crippen molar-refractivity contribution in [3.05, 3.63) is 235 Å². The molecule has 282 valence electrons. The number of hydrogen-bond acceptors (Lipinski definition) is 1. The van der Waals surface area contributed by atoms with E-state index in [9.17, 15) is 11.0 Å². The van der Waals surface area contributed by atoms with Gasteiger partial charge in [-0.25, -0.2) is 0 Å². The van der Waals surface area contributed by atoms with E-state index in [1.807, 2.05) is 170 Å². The fraction of sp³-hybridized carbons (Fsp3) is 0.0345. The van der Waals surface area contributed by atoms with Gasteiger partial charge in [-0.2, -0.15) is 0 Å². The van der Waals surface area contributed by atoms with E-state index in [4.69, 9.17) is 0 Å². The standard InChI is InChI=1S/C58H40N2/c1-2-16-39(17-3-1)57-52-26-10-7-21-47(52)48-22-8-11-27-53(48)58(57)40-30-32-42(33-31-40)59(56-38-41-18-4-5-19-45(41)46-20-6-9-23-49(46)56)43-34-36-44(37-35-43)60-54-28-14-12-24-50(54)51-25-13-15-29-55(51)60/h1-37,56H,38H2/i30D,31D,32D,33D,34D,35D,36D,37D. The molecule has 0 bridgehead atoms. The first-order valence-electron chi connectivity index (χ1n) is 24.3. The average molecular weight is 773 g/mol. The molecule has 2 heteroatoms. The summed E-state index contributed by atoms with van der Waals surface area (Å²) in [6.45, 7) is 0. The fourth-order valence-corrected chi connectivity index (χ4v) is 9.52. The van der Waals surface area contributed by atoms with E-state index in [1.165, 1.54) is 0 Å². The molecule has 1 aliphatic carbocycles. The maximum atomic E-state index is 10.1. The summed E-state index contributed by atoms with van der Waals surface area (Å²) in [5, 5.41) is 5.38. The Morgan fingerprint density at radius 1 is 0.400 bits per heavy atom. The second-order valence-corrected chi connectivity index (χ2v) is 15.3. The van der Waals surface area contributed by atoms with E-state index in [0.29, 0.717) is 12.0 Å². The minimum atomic E-state index is -0.772. The van der Waals surface area contributed by atoms with Crippen molar-refractivity contribution in [2.75, 3.05) is 4.90 Å². The molecule has 12 rings (SSSR count). The van der Waals surface area contributed by atoms with Gasteiger partial charge >= 0.3 is 0 Å². The topological polar surface area (TPSA) is 8.17 Å². The molecule has 60 heavy (non-hydrogen) atoms. The number of fused-ring (bicyclic) bond motifs is 9. The highest BCUT2D eigenvalue weighted by Crippen LogP contribution is 2.48. The van der Waals surface area contributed by atoms with Gasteiger partial charge in [0.25, 0.3) is 0 Å². The first-order chi connectivity index (χ1) is 33.2. The number of benzene rings is 10. The van der Waals surface area contributed by atoms with E-state index in [1.54, 1.807) is 9.47 Å². The summed E-state index contributed by atoms with van der Waals surface area (Å²) in [5.41, 5.74) is 7.22. The third-order valence-corrected chi connectivity index (χ3v) is 12.1. The second-order valence-electron chi connectivity index (χ2n) is 15.3. The van der Waals surface area contributed by atoms with Crippen molar-refractivity contribution in [3.8, 4) is 39.1 Å². The van der Waals surface area contributed by atoms with Crippen LogP contribution >= 0.6 is 0 Å². The lowest BCUT2D eigenvalue weighted by molar-refractivity contribution is 0.685. The number of hydrogen-bond donors (Lipinski definition) is 0. The summed E-state index contributed by atoms with van der Waals surface area (Å²) < 4.78 is 81.8. The van der Waals surface area contributed by atoms with Crippen molar-refractivity contribution in [2.45, 2.75) is 12.5 Å². The molecule has 11 aromatic rings. The SMILES string of the molecule is [2H]c1c([2H])c(N(c2c([2H])c([2H])c(-n3c4ccccc4c4ccccc43)c([2H])c2[2H])C2Cc3ccccc3-c3ccccc32)c([2H])c([2H])c1-c1c(-c2ccccc2)c2ccccc2c2ccccc12. The summed E-state index contributed by atoms with van der Waals surface area (Å²) in [7, 11) is 0. The molecule has 0 fully saturated rings. The van der Waals surface area contributed by atoms with Crippen LogP contribution in [0.4, 0.5) is 11.4 Å². The van der Waals surface area contributed by atoms with Crippen LogP contribution in [0.25, 0.3) is 82.4 Å². The van der Waals surface area contributed by atoms with Gasteiger partial charge in [0.2, 0.25) is 0 Å². The Labute approximate surface area is 361 Å². The minimum absolute atomic E-state index is 0.0713. The van der Waals surface area contributed by atoms with E-state index in [-0.39, 0.29) is 71.0 Å². The minimum Gasteiger partial charge on any atom is -0.334 e. The molecule has 0 saturated carbocycles. The monoisotopic (exact) mass is 772 g/mol. The molecular formula is C58H40N2. The molecular weight excluding hydrogens is 725 g/mol. The predicted octanol–water partition coefficient (Wildman–Crippen LogP) is 15.5. The zero-order chi connectivity index (χ0) is 46.5. The summed E-state index contributed by atoms with van der Waals surface area (Å²) in [5.74, 6) is 0. The Morgan fingerprint density at radius 2 is 0.867 bits per heavy atom. The average Bonchev–Trinajstić information content (AvgIpc) is 3.71. The van der Waals surface area contributed by atoms with Crippen LogP contribution < -0.4 is 4.90 Å². The van der Waals surface area contributed by atoms with Crippen molar-refractivity contribution in [1.82, 2.24) is 4.57 Å². The molecule has 0 saturated heterocycles. The van der Waals surface area contributed by atoms with Crippen molar-refractivity contribution in [3.63, 3.8) is 0 Å². The summed E-state index contributed by atoms with van der Waals surface area (Å²) in [4.78, 5) is 1.58. The van der Waals surface area contributed by atoms with Crippen molar-refractivity contribution >= 4 is 54.7 Å². The van der Waals surface area contributed by atoms with Gasteiger partial charge in [0.1, 0.15) is 0 Å². The fourth-order valence-electron chi connectivity index (χ4n) is 9.52. The normalized spacial score (nSPS) is 15.3. The van der Waals surface area contributed by atoms with Crippen LogP contribution in [0, 0.1) is 0 Å². The molecule has 1 heterocycles. The molecule has 0 radical (unpaired) electrons. The van der Waals surface area contributed by atoms with Gasteiger partial charge in [0.05, 0.1) is 28.0 Å². The lowest BCUT2D eigenvalue weighted by Gasteiger charge is -2.38. The second kappa shape index (κ2) is 14.0. The van der Waals surface area contributed by atoms with Gasteiger partial charge < -0.3 is 9.47 Å². The molecule has 0 amide bonds. The first kappa shape index (κ1) is 27.1. The molecule has 1 aliphatic rings. The van der Waals surface area contributed by atoms with Gasteiger partial charge in [0, 0.05) is 27.8 Å². The van der Waals surface area contributed by atoms with Gasteiger partial charge in [-0.1, -0.05) is 176 Å². The van der Waals surface area contributed by atoms with Crippen molar-refractivity contribution < 1.29 is 11.0 Å². The van der Waals surface area contributed by atoms with Crippen LogP contribution in [0.5, 0.6) is 0 Å². The molecule has 10 aromatic carbocycles. The Morgan fingerprint density at radius 3 is 1.50 bits per heavy atom. The highest BCUT2D eigenvalue weighted by atomic mass is 15.2. The quantitative estimate of drug-likeness (QED) is 0.153. The number of aromatic nitrogens is 1. The number of nitrogens with zero attached hydrogens (tertiary/aromatic N) is 2. The van der Waals surface area contributed by atoms with Gasteiger partial charge in [-0.3, -0.25) is 0 Å². The van der Waals surface area contributed by atoms with Crippen LogP contribution in [0.2, 0.25) is 0 Å². The van der Waals surface area contributed by atoms with E-state index in [0.717, 1.165) is 76.7 Å². The maximum Gasteiger partial charge on any atom is 0.0646 e. The maximum absolute atomic E-state index is 10.1. The number of para-hydroxylation sites is 2. The Hall–Kier alpha value is -7.68.